The van der Waals surface area contributed by atoms with Crippen LogP contribution in [-0.4, -0.2) is 54.0 Å². The molecule has 2 N–H and O–H groups in total. The van der Waals surface area contributed by atoms with Crippen molar-refractivity contribution in [1.82, 2.24) is 4.31 Å². The highest BCUT2D eigenvalue weighted by atomic mass is 32.2. The van der Waals surface area contributed by atoms with E-state index in [1.807, 2.05) is 0 Å². The normalized spacial score (nSPS) is 42.9. The van der Waals surface area contributed by atoms with Crippen molar-refractivity contribution in [2.75, 3.05) is 12.8 Å². The third-order valence-electron chi connectivity index (χ3n) is 3.53. The smallest absolute Gasteiger partial charge is 0.211 e. The fourth-order valence-corrected chi connectivity index (χ4v) is 3.87. The number of fused-ring (bicyclic) bond motifs is 2. The van der Waals surface area contributed by atoms with Gasteiger partial charge in [-0.25, -0.2) is 8.42 Å². The average Bonchev–Trinajstić information content (AvgIpc) is 2.13. The van der Waals surface area contributed by atoms with E-state index in [0.717, 1.165) is 0 Å². The van der Waals surface area contributed by atoms with E-state index in [9.17, 15) is 18.6 Å². The zero-order valence-electron chi connectivity index (χ0n) is 8.70. The largest absolute Gasteiger partial charge is 0.393 e. The van der Waals surface area contributed by atoms with Gasteiger partial charge in [-0.15, -0.1) is 0 Å². The number of hydrogen-bond donors (Lipinski definition) is 2. The van der Waals surface area contributed by atoms with Gasteiger partial charge in [0.15, 0.2) is 0 Å². The Labute approximate surface area is 89.8 Å². The molecule has 0 spiro atoms. The summed E-state index contributed by atoms with van der Waals surface area (Å²) in [4.78, 5) is 0. The second-order valence-corrected chi connectivity index (χ2v) is 6.53. The molecule has 4 atom stereocenters. The molecule has 1 heterocycles. The summed E-state index contributed by atoms with van der Waals surface area (Å²) in [5, 5.41) is 19.4. The molecule has 0 radical (unpaired) electrons. The molecular weight excluding hydrogens is 218 g/mol. The Bertz CT molecular complexity index is 342. The second kappa shape index (κ2) is 3.69. The Morgan fingerprint density at radius 1 is 1.20 bits per heavy atom. The monoisotopic (exact) mass is 235 g/mol. The van der Waals surface area contributed by atoms with Crippen molar-refractivity contribution in [2.24, 2.45) is 5.92 Å². The first-order chi connectivity index (χ1) is 6.89. The fraction of sp³-hybridized carbons (Fsp3) is 1.00. The molecule has 1 aliphatic carbocycles. The fourth-order valence-electron chi connectivity index (χ4n) is 2.72. The lowest BCUT2D eigenvalue weighted by atomic mass is 9.77. The molecule has 0 aromatic carbocycles. The number of aliphatic hydroxyl groups excluding tert-OH is 2. The van der Waals surface area contributed by atoms with Gasteiger partial charge >= 0.3 is 0 Å². The Hall–Kier alpha value is -0.170. The number of rotatable bonds is 1. The van der Waals surface area contributed by atoms with Gasteiger partial charge in [-0.1, -0.05) is 0 Å². The molecule has 0 unspecified atom stereocenters. The molecule has 0 amide bonds. The lowest BCUT2D eigenvalue weighted by Gasteiger charge is -2.46. The maximum Gasteiger partial charge on any atom is 0.211 e. The molecular formula is C9H17NO4S. The first-order valence-corrected chi connectivity index (χ1v) is 7.07. The third kappa shape index (κ3) is 2.04. The maximum absolute atomic E-state index is 11.5. The second-order valence-electron chi connectivity index (χ2n) is 4.60. The van der Waals surface area contributed by atoms with Gasteiger partial charge in [0.1, 0.15) is 0 Å². The topological polar surface area (TPSA) is 77.8 Å². The SMILES string of the molecule is CS(=O)(=O)N1C[C@H](O)[C@H]2C[C@@H]1CC[C@H]2O. The van der Waals surface area contributed by atoms with E-state index in [2.05, 4.69) is 0 Å². The van der Waals surface area contributed by atoms with Gasteiger partial charge in [-0.05, 0) is 19.3 Å². The highest BCUT2D eigenvalue weighted by molar-refractivity contribution is 7.88. The number of aliphatic hydroxyl groups is 2. The van der Waals surface area contributed by atoms with Crippen molar-refractivity contribution in [2.45, 2.75) is 37.5 Å². The molecule has 88 valence electrons. The summed E-state index contributed by atoms with van der Waals surface area (Å²) >= 11 is 0. The van der Waals surface area contributed by atoms with Gasteiger partial charge in [0, 0.05) is 18.5 Å². The minimum absolute atomic E-state index is 0.0307. The number of β-amino-alcohol motifs (C(OH)–C–C–N with tert-alkyl or cyclic N) is 1. The van der Waals surface area contributed by atoms with Crippen LogP contribution >= 0.6 is 0 Å². The van der Waals surface area contributed by atoms with E-state index in [0.29, 0.717) is 19.3 Å². The predicted octanol–water partition coefficient (Wildman–Crippen LogP) is -0.848. The predicted molar refractivity (Wildman–Crippen MR) is 54.7 cm³/mol. The van der Waals surface area contributed by atoms with E-state index in [-0.39, 0.29) is 18.5 Å². The Balaban J connectivity index is 2.21. The molecule has 15 heavy (non-hydrogen) atoms. The highest BCUT2D eigenvalue weighted by Crippen LogP contribution is 2.36. The van der Waals surface area contributed by atoms with E-state index in [1.165, 1.54) is 10.6 Å². The first-order valence-electron chi connectivity index (χ1n) is 5.22. The van der Waals surface area contributed by atoms with Crippen molar-refractivity contribution in [3.63, 3.8) is 0 Å². The first kappa shape index (κ1) is 11.3. The summed E-state index contributed by atoms with van der Waals surface area (Å²) in [7, 11) is -3.24. The van der Waals surface area contributed by atoms with Crippen LogP contribution in [0.5, 0.6) is 0 Å². The minimum atomic E-state index is -3.24. The summed E-state index contributed by atoms with van der Waals surface area (Å²) in [6.45, 7) is 0.130. The Morgan fingerprint density at radius 3 is 2.47 bits per heavy atom. The summed E-state index contributed by atoms with van der Waals surface area (Å²) < 4.78 is 24.3. The number of piperidine rings is 1. The van der Waals surface area contributed by atoms with E-state index in [1.54, 1.807) is 0 Å². The van der Waals surface area contributed by atoms with Gasteiger partial charge in [0.25, 0.3) is 0 Å². The molecule has 6 heteroatoms. The van der Waals surface area contributed by atoms with Crippen molar-refractivity contribution in [3.8, 4) is 0 Å². The number of nitrogens with zero attached hydrogens (tertiary/aromatic N) is 1. The number of sulfonamides is 1. The molecule has 2 rings (SSSR count). The van der Waals surface area contributed by atoms with Crippen LogP contribution in [0, 0.1) is 5.92 Å². The van der Waals surface area contributed by atoms with Crippen molar-refractivity contribution >= 4 is 10.0 Å². The number of hydrogen-bond acceptors (Lipinski definition) is 4. The van der Waals surface area contributed by atoms with Crippen molar-refractivity contribution in [3.05, 3.63) is 0 Å². The standard InChI is InChI=1S/C9H17NO4S/c1-15(13,14)10-5-9(12)7-4-6(10)2-3-8(7)11/h6-9,11-12H,2-5H2,1H3/t6-,7-,8+,9-/m0/s1. The van der Waals surface area contributed by atoms with E-state index >= 15 is 0 Å². The molecule has 1 saturated heterocycles. The van der Waals surface area contributed by atoms with Crippen LogP contribution in [0.3, 0.4) is 0 Å². The summed E-state index contributed by atoms with van der Waals surface area (Å²) in [5.41, 5.74) is 0. The lowest BCUT2D eigenvalue weighted by molar-refractivity contribution is -0.0668. The molecule has 0 aromatic rings. The highest BCUT2D eigenvalue weighted by Gasteiger charge is 2.44. The zero-order chi connectivity index (χ0) is 11.2. The van der Waals surface area contributed by atoms with E-state index in [4.69, 9.17) is 0 Å². The maximum atomic E-state index is 11.5. The van der Waals surface area contributed by atoms with Crippen LogP contribution in [0.25, 0.3) is 0 Å². The molecule has 2 aliphatic rings. The molecule has 2 fully saturated rings. The molecule has 1 aliphatic heterocycles. The van der Waals surface area contributed by atoms with Crippen molar-refractivity contribution in [1.29, 1.82) is 0 Å². The Kier molecular flexibility index (Phi) is 2.79. The Morgan fingerprint density at radius 2 is 1.87 bits per heavy atom. The van der Waals surface area contributed by atoms with Crippen LogP contribution in [0.15, 0.2) is 0 Å². The lowest BCUT2D eigenvalue weighted by Crippen LogP contribution is -2.57. The third-order valence-corrected chi connectivity index (χ3v) is 4.83. The molecule has 1 saturated carbocycles. The van der Waals surface area contributed by atoms with Crippen LogP contribution in [0.4, 0.5) is 0 Å². The van der Waals surface area contributed by atoms with Gasteiger partial charge in [0.05, 0.1) is 18.5 Å². The molecule has 2 bridgehead atoms. The van der Waals surface area contributed by atoms with E-state index < -0.39 is 22.2 Å². The van der Waals surface area contributed by atoms with Gasteiger partial charge in [-0.3, -0.25) is 0 Å². The van der Waals surface area contributed by atoms with Gasteiger partial charge in [0.2, 0.25) is 10.0 Å². The van der Waals surface area contributed by atoms with Gasteiger partial charge < -0.3 is 10.2 Å². The van der Waals surface area contributed by atoms with Crippen LogP contribution in [-0.2, 0) is 10.0 Å². The quantitative estimate of drug-likeness (QED) is 0.621. The molecule has 5 nitrogen and oxygen atoms in total. The van der Waals surface area contributed by atoms with Crippen LogP contribution in [0.1, 0.15) is 19.3 Å². The van der Waals surface area contributed by atoms with Crippen molar-refractivity contribution < 1.29 is 18.6 Å². The van der Waals surface area contributed by atoms with Crippen LogP contribution in [0.2, 0.25) is 0 Å². The minimum Gasteiger partial charge on any atom is -0.393 e. The summed E-state index contributed by atoms with van der Waals surface area (Å²) in [6, 6.07) is -0.0307. The summed E-state index contributed by atoms with van der Waals surface area (Å²) in [5.74, 6) is -0.151. The van der Waals surface area contributed by atoms with Gasteiger partial charge in [-0.2, -0.15) is 4.31 Å². The molecule has 0 aromatic heterocycles. The average molecular weight is 235 g/mol. The zero-order valence-corrected chi connectivity index (χ0v) is 9.52. The van der Waals surface area contributed by atoms with Crippen LogP contribution < -0.4 is 0 Å². The summed E-state index contributed by atoms with van der Waals surface area (Å²) in [6.07, 6.45) is 1.82.